The zero-order valence-electron chi connectivity index (χ0n) is 15.7. The third kappa shape index (κ3) is 6.63. The van der Waals surface area contributed by atoms with Crippen molar-refractivity contribution in [2.75, 3.05) is 13.2 Å². The quantitative estimate of drug-likeness (QED) is 0.528. The van der Waals surface area contributed by atoms with Crippen LogP contribution in [0, 0.1) is 5.92 Å². The number of nitrogens with one attached hydrogen (secondary N) is 1. The number of guanidine groups is 1. The van der Waals surface area contributed by atoms with Gasteiger partial charge in [0.2, 0.25) is 5.88 Å². The number of ether oxygens (including phenoxy) is 2. The Labute approximate surface area is 155 Å². The van der Waals surface area contributed by atoms with E-state index in [4.69, 9.17) is 15.2 Å². The standard InChI is InChI=1S/C20H28N4O2/c1-4-12-25-17-7-9-18(10-8-17)26-19-16(6-5-11-22-19)14-24-20(21)23-13-15(2)3/h5-11,15H,4,12-14H2,1-3H3,(H3,21,23,24). The molecule has 0 radical (unpaired) electrons. The highest BCUT2D eigenvalue weighted by Crippen LogP contribution is 2.25. The molecule has 1 heterocycles. The molecule has 1 aromatic heterocycles. The molecule has 1 aromatic carbocycles. The van der Waals surface area contributed by atoms with E-state index in [1.807, 2.05) is 36.4 Å². The van der Waals surface area contributed by atoms with Crippen LogP contribution in [0.2, 0.25) is 0 Å². The topological polar surface area (TPSA) is 81.8 Å². The highest BCUT2D eigenvalue weighted by Gasteiger charge is 2.07. The van der Waals surface area contributed by atoms with Gasteiger partial charge < -0.3 is 20.5 Å². The van der Waals surface area contributed by atoms with Crippen LogP contribution in [0.4, 0.5) is 0 Å². The third-order valence-corrected chi connectivity index (χ3v) is 3.47. The molecule has 0 atom stereocenters. The molecular weight excluding hydrogens is 328 g/mol. The van der Waals surface area contributed by atoms with Gasteiger partial charge in [-0.25, -0.2) is 9.98 Å². The summed E-state index contributed by atoms with van der Waals surface area (Å²) in [4.78, 5) is 8.67. The lowest BCUT2D eigenvalue weighted by molar-refractivity contribution is 0.317. The average Bonchev–Trinajstić information content (AvgIpc) is 2.65. The Morgan fingerprint density at radius 3 is 2.62 bits per heavy atom. The van der Waals surface area contributed by atoms with E-state index in [2.05, 4.69) is 36.1 Å². The van der Waals surface area contributed by atoms with E-state index in [1.54, 1.807) is 6.20 Å². The second kappa shape index (κ2) is 10.3. The van der Waals surface area contributed by atoms with Gasteiger partial charge in [0.15, 0.2) is 5.96 Å². The number of nitrogens with two attached hydrogens (primary N) is 1. The van der Waals surface area contributed by atoms with Crippen molar-refractivity contribution in [2.24, 2.45) is 16.6 Å². The minimum absolute atomic E-state index is 0.401. The Hall–Kier alpha value is -2.76. The number of rotatable bonds is 9. The van der Waals surface area contributed by atoms with Crippen molar-refractivity contribution >= 4 is 5.96 Å². The van der Waals surface area contributed by atoms with Gasteiger partial charge >= 0.3 is 0 Å². The van der Waals surface area contributed by atoms with E-state index in [0.717, 1.165) is 24.3 Å². The summed E-state index contributed by atoms with van der Waals surface area (Å²) in [5, 5.41) is 3.10. The average molecular weight is 356 g/mol. The molecule has 0 aliphatic heterocycles. The van der Waals surface area contributed by atoms with Crippen LogP contribution in [0.1, 0.15) is 32.8 Å². The van der Waals surface area contributed by atoms with Crippen molar-refractivity contribution in [3.8, 4) is 17.4 Å². The van der Waals surface area contributed by atoms with Gasteiger partial charge in [0.25, 0.3) is 0 Å². The van der Waals surface area contributed by atoms with Gasteiger partial charge in [-0.15, -0.1) is 0 Å². The number of pyridine rings is 1. The van der Waals surface area contributed by atoms with Gasteiger partial charge in [0, 0.05) is 18.3 Å². The summed E-state index contributed by atoms with van der Waals surface area (Å²) < 4.78 is 11.5. The number of nitrogens with zero attached hydrogens (tertiary/aromatic N) is 2. The third-order valence-electron chi connectivity index (χ3n) is 3.47. The molecule has 0 aliphatic rings. The van der Waals surface area contributed by atoms with E-state index >= 15 is 0 Å². The molecule has 0 unspecified atom stereocenters. The van der Waals surface area contributed by atoms with E-state index in [1.165, 1.54) is 0 Å². The van der Waals surface area contributed by atoms with E-state index in [-0.39, 0.29) is 0 Å². The van der Waals surface area contributed by atoms with Gasteiger partial charge in [-0.05, 0) is 42.7 Å². The van der Waals surface area contributed by atoms with Crippen LogP contribution in [0.3, 0.4) is 0 Å². The molecule has 0 saturated carbocycles. The number of hydrogen-bond acceptors (Lipinski definition) is 4. The molecule has 26 heavy (non-hydrogen) atoms. The van der Waals surface area contributed by atoms with Crippen LogP contribution >= 0.6 is 0 Å². The molecule has 0 fully saturated rings. The highest BCUT2D eigenvalue weighted by molar-refractivity contribution is 5.77. The van der Waals surface area contributed by atoms with Crippen LogP contribution in [0.5, 0.6) is 17.4 Å². The first kappa shape index (κ1) is 19.6. The number of aromatic nitrogens is 1. The summed E-state index contributed by atoms with van der Waals surface area (Å²) >= 11 is 0. The Morgan fingerprint density at radius 1 is 1.19 bits per heavy atom. The summed E-state index contributed by atoms with van der Waals surface area (Å²) in [6.07, 6.45) is 2.67. The fourth-order valence-corrected chi connectivity index (χ4v) is 2.11. The van der Waals surface area contributed by atoms with Crippen LogP contribution < -0.4 is 20.5 Å². The predicted octanol–water partition coefficient (Wildman–Crippen LogP) is 3.72. The summed E-state index contributed by atoms with van der Waals surface area (Å²) in [6, 6.07) is 11.3. The molecule has 6 nitrogen and oxygen atoms in total. The molecule has 0 aliphatic carbocycles. The normalized spacial score (nSPS) is 11.5. The fourth-order valence-electron chi connectivity index (χ4n) is 2.11. The maximum Gasteiger partial charge on any atom is 0.224 e. The minimum atomic E-state index is 0.401. The Balaban J connectivity index is 2.01. The molecule has 2 rings (SSSR count). The Kier molecular flexibility index (Phi) is 7.74. The van der Waals surface area contributed by atoms with Crippen molar-refractivity contribution in [2.45, 2.75) is 33.7 Å². The van der Waals surface area contributed by atoms with Crippen LogP contribution in [-0.2, 0) is 6.54 Å². The molecule has 2 aromatic rings. The summed E-state index contributed by atoms with van der Waals surface area (Å²) in [5.74, 6) is 2.98. The summed E-state index contributed by atoms with van der Waals surface area (Å²) in [6.45, 7) is 8.20. The lowest BCUT2D eigenvalue weighted by Crippen LogP contribution is -2.34. The highest BCUT2D eigenvalue weighted by atomic mass is 16.5. The molecule has 6 heteroatoms. The lowest BCUT2D eigenvalue weighted by atomic mass is 10.2. The fraction of sp³-hybridized carbons (Fsp3) is 0.400. The van der Waals surface area contributed by atoms with Gasteiger partial charge in [0.1, 0.15) is 11.5 Å². The SMILES string of the molecule is CCCOc1ccc(Oc2ncccc2CN=C(N)NCC(C)C)cc1. The van der Waals surface area contributed by atoms with Gasteiger partial charge in [-0.2, -0.15) is 0 Å². The molecule has 0 spiro atoms. The summed E-state index contributed by atoms with van der Waals surface area (Å²) in [5.41, 5.74) is 6.76. The van der Waals surface area contributed by atoms with Crippen molar-refractivity contribution < 1.29 is 9.47 Å². The summed E-state index contributed by atoms with van der Waals surface area (Å²) in [7, 11) is 0. The van der Waals surface area contributed by atoms with Crippen molar-refractivity contribution in [1.29, 1.82) is 0 Å². The zero-order chi connectivity index (χ0) is 18.8. The molecule has 0 saturated heterocycles. The minimum Gasteiger partial charge on any atom is -0.494 e. The van der Waals surface area contributed by atoms with Crippen LogP contribution in [-0.4, -0.2) is 24.1 Å². The Bertz CT molecular complexity index is 699. The molecule has 0 amide bonds. The number of benzene rings is 1. The van der Waals surface area contributed by atoms with Gasteiger partial charge in [-0.1, -0.05) is 26.8 Å². The first-order valence-electron chi connectivity index (χ1n) is 8.97. The van der Waals surface area contributed by atoms with Gasteiger partial charge in [0.05, 0.1) is 13.2 Å². The van der Waals surface area contributed by atoms with E-state index < -0.39 is 0 Å². The maximum atomic E-state index is 5.90. The van der Waals surface area contributed by atoms with Gasteiger partial charge in [-0.3, -0.25) is 0 Å². The lowest BCUT2D eigenvalue weighted by Gasteiger charge is -2.11. The predicted molar refractivity (Wildman–Crippen MR) is 105 cm³/mol. The maximum absolute atomic E-state index is 5.90. The smallest absolute Gasteiger partial charge is 0.224 e. The Morgan fingerprint density at radius 2 is 1.92 bits per heavy atom. The second-order valence-corrected chi connectivity index (χ2v) is 6.37. The van der Waals surface area contributed by atoms with Crippen molar-refractivity contribution in [1.82, 2.24) is 10.3 Å². The molecule has 140 valence electrons. The first-order valence-corrected chi connectivity index (χ1v) is 8.97. The van der Waals surface area contributed by atoms with Crippen molar-refractivity contribution in [3.05, 3.63) is 48.2 Å². The molecule has 0 bridgehead atoms. The number of aliphatic imine (C=N–C) groups is 1. The van der Waals surface area contributed by atoms with Crippen molar-refractivity contribution in [3.63, 3.8) is 0 Å². The van der Waals surface area contributed by atoms with E-state index in [0.29, 0.717) is 36.7 Å². The van der Waals surface area contributed by atoms with Crippen LogP contribution in [0.25, 0.3) is 0 Å². The monoisotopic (exact) mass is 356 g/mol. The molecular formula is C20H28N4O2. The largest absolute Gasteiger partial charge is 0.494 e. The van der Waals surface area contributed by atoms with Crippen LogP contribution in [0.15, 0.2) is 47.6 Å². The molecule has 3 N–H and O–H groups in total. The number of hydrogen-bond donors (Lipinski definition) is 2. The zero-order valence-corrected chi connectivity index (χ0v) is 15.7. The van der Waals surface area contributed by atoms with E-state index in [9.17, 15) is 0 Å². The first-order chi connectivity index (χ1) is 12.6. The second-order valence-electron chi connectivity index (χ2n) is 6.37.